The highest BCUT2D eigenvalue weighted by Gasteiger charge is 2.36. The first-order valence-electron chi connectivity index (χ1n) is 11.9. The predicted molar refractivity (Wildman–Crippen MR) is 125 cm³/mol. The Labute approximate surface area is 207 Å². The number of ether oxygens (including phenoxy) is 1. The quantitative estimate of drug-likeness (QED) is 0.604. The van der Waals surface area contributed by atoms with Crippen molar-refractivity contribution in [1.82, 2.24) is 15.5 Å². The van der Waals surface area contributed by atoms with Gasteiger partial charge in [0, 0.05) is 30.3 Å². The molecule has 7 nitrogen and oxygen atoms in total. The van der Waals surface area contributed by atoms with E-state index in [1.165, 1.54) is 19.2 Å². The first-order valence-corrected chi connectivity index (χ1v) is 11.9. The summed E-state index contributed by atoms with van der Waals surface area (Å²) in [7, 11) is 1.53. The number of rotatable bonds is 7. The number of carbonyl (C=O) groups is 3. The topological polar surface area (TPSA) is 87.7 Å². The zero-order valence-electron chi connectivity index (χ0n) is 19.8. The number of likely N-dealkylation sites (tertiary alicyclic amines) is 1. The number of nitrogens with one attached hydrogen (secondary N) is 2. The van der Waals surface area contributed by atoms with Crippen molar-refractivity contribution in [3.8, 4) is 5.75 Å². The molecule has 0 spiro atoms. The molecular weight excluding hydrogens is 475 g/mol. The molecule has 0 radical (unpaired) electrons. The van der Waals surface area contributed by atoms with Crippen molar-refractivity contribution in [2.24, 2.45) is 5.92 Å². The molecule has 2 aromatic rings. The Kier molecular flexibility index (Phi) is 7.51. The second-order valence-electron chi connectivity index (χ2n) is 9.17. The highest BCUT2D eigenvalue weighted by atomic mass is 19.4. The van der Waals surface area contributed by atoms with Crippen LogP contribution in [-0.4, -0.2) is 54.9 Å². The third-order valence-electron chi connectivity index (χ3n) is 6.60. The van der Waals surface area contributed by atoms with Crippen LogP contribution in [-0.2, 0) is 11.0 Å². The van der Waals surface area contributed by atoms with Crippen molar-refractivity contribution in [3.05, 3.63) is 65.2 Å². The van der Waals surface area contributed by atoms with Crippen LogP contribution in [0.2, 0.25) is 0 Å². The molecule has 4 rings (SSSR count). The lowest BCUT2D eigenvalue weighted by molar-refractivity contribution is -0.137. The Hall–Kier alpha value is -3.56. The number of piperidine rings is 1. The molecule has 2 N–H and O–H groups in total. The van der Waals surface area contributed by atoms with Crippen molar-refractivity contribution in [2.75, 3.05) is 20.2 Å². The van der Waals surface area contributed by atoms with Crippen LogP contribution in [0.5, 0.6) is 5.75 Å². The number of alkyl halides is 3. The summed E-state index contributed by atoms with van der Waals surface area (Å²) in [5, 5.41) is 5.83. The fourth-order valence-corrected chi connectivity index (χ4v) is 4.30. The molecule has 2 aromatic carbocycles. The van der Waals surface area contributed by atoms with Crippen molar-refractivity contribution >= 4 is 17.7 Å². The monoisotopic (exact) mass is 503 g/mol. The van der Waals surface area contributed by atoms with Gasteiger partial charge in [-0.2, -0.15) is 13.2 Å². The van der Waals surface area contributed by atoms with E-state index >= 15 is 0 Å². The molecule has 1 saturated heterocycles. The molecule has 1 saturated carbocycles. The zero-order chi connectivity index (χ0) is 25.9. The van der Waals surface area contributed by atoms with Crippen LogP contribution in [0.15, 0.2) is 48.5 Å². The summed E-state index contributed by atoms with van der Waals surface area (Å²) in [6.07, 6.45) is -1.71. The summed E-state index contributed by atoms with van der Waals surface area (Å²) in [5.41, 5.74) is -0.234. The average Bonchev–Trinajstić information content (AvgIpc) is 3.70. The number of hydrogen-bond acceptors (Lipinski definition) is 4. The van der Waals surface area contributed by atoms with Crippen molar-refractivity contribution in [3.63, 3.8) is 0 Å². The maximum atomic E-state index is 13.0. The van der Waals surface area contributed by atoms with Gasteiger partial charge in [-0.3, -0.25) is 14.4 Å². The molecule has 3 amide bonds. The Morgan fingerprint density at radius 3 is 2.03 bits per heavy atom. The van der Waals surface area contributed by atoms with Crippen molar-refractivity contribution < 1.29 is 32.3 Å². The Morgan fingerprint density at radius 1 is 0.917 bits per heavy atom. The van der Waals surface area contributed by atoms with Crippen LogP contribution in [0, 0.1) is 5.92 Å². The van der Waals surface area contributed by atoms with E-state index in [4.69, 9.17) is 4.74 Å². The number of carbonyl (C=O) groups excluding carboxylic acids is 3. The van der Waals surface area contributed by atoms with Crippen molar-refractivity contribution in [2.45, 2.75) is 43.9 Å². The van der Waals surface area contributed by atoms with Gasteiger partial charge in [-0.05, 0) is 80.1 Å². The lowest BCUT2D eigenvalue weighted by Gasteiger charge is -2.36. The molecule has 10 heteroatoms. The van der Waals surface area contributed by atoms with E-state index in [2.05, 4.69) is 10.6 Å². The lowest BCUT2D eigenvalue weighted by atomic mass is 9.88. The Balaban J connectivity index is 1.40. The van der Waals surface area contributed by atoms with Crippen LogP contribution in [0.3, 0.4) is 0 Å². The van der Waals surface area contributed by atoms with Gasteiger partial charge in [-0.1, -0.05) is 0 Å². The number of hydrogen-bond donors (Lipinski definition) is 2. The molecule has 1 atom stereocenters. The smallest absolute Gasteiger partial charge is 0.416 e. The van der Waals surface area contributed by atoms with E-state index in [1.807, 2.05) is 0 Å². The van der Waals surface area contributed by atoms with Gasteiger partial charge < -0.3 is 20.3 Å². The maximum Gasteiger partial charge on any atom is 0.416 e. The zero-order valence-corrected chi connectivity index (χ0v) is 19.8. The van der Waals surface area contributed by atoms with Gasteiger partial charge in [-0.25, -0.2) is 0 Å². The minimum absolute atomic E-state index is 0.124. The Morgan fingerprint density at radius 2 is 1.50 bits per heavy atom. The van der Waals surface area contributed by atoms with Gasteiger partial charge in [0.25, 0.3) is 11.8 Å². The number of amides is 3. The van der Waals surface area contributed by atoms with Gasteiger partial charge in [-0.15, -0.1) is 0 Å². The third kappa shape index (κ3) is 6.16. The molecule has 1 heterocycles. The van der Waals surface area contributed by atoms with E-state index in [9.17, 15) is 27.6 Å². The first kappa shape index (κ1) is 25.5. The van der Waals surface area contributed by atoms with E-state index in [-0.39, 0.29) is 35.2 Å². The third-order valence-corrected chi connectivity index (χ3v) is 6.60. The van der Waals surface area contributed by atoms with Crippen LogP contribution in [0.25, 0.3) is 0 Å². The molecule has 2 aliphatic rings. The number of halogens is 3. The molecule has 1 aliphatic heterocycles. The molecule has 192 valence electrons. The largest absolute Gasteiger partial charge is 0.497 e. The minimum Gasteiger partial charge on any atom is -0.497 e. The predicted octanol–water partition coefficient (Wildman–Crippen LogP) is 3.64. The van der Waals surface area contributed by atoms with Crippen LogP contribution >= 0.6 is 0 Å². The SMILES string of the molecule is COc1ccc(C(=O)NC(C(=O)NC2CC2)C2CCN(C(=O)c3ccc(C(F)(F)F)cc3)CC2)cc1. The highest BCUT2D eigenvalue weighted by molar-refractivity contribution is 5.98. The van der Waals surface area contributed by atoms with E-state index < -0.39 is 17.8 Å². The molecule has 36 heavy (non-hydrogen) atoms. The van der Waals surface area contributed by atoms with Crippen LogP contribution in [0.4, 0.5) is 13.2 Å². The van der Waals surface area contributed by atoms with E-state index in [1.54, 1.807) is 29.2 Å². The molecule has 2 fully saturated rings. The average molecular weight is 504 g/mol. The molecular formula is C26H28F3N3O4. The summed E-state index contributed by atoms with van der Waals surface area (Å²) < 4.78 is 43.6. The number of methoxy groups -OCH3 is 1. The minimum atomic E-state index is -4.47. The van der Waals surface area contributed by atoms with Crippen LogP contribution in [0.1, 0.15) is 52.0 Å². The molecule has 0 aromatic heterocycles. The summed E-state index contributed by atoms with van der Waals surface area (Å²) in [6, 6.07) is 10.1. The maximum absolute atomic E-state index is 13.0. The molecule has 1 unspecified atom stereocenters. The second-order valence-corrected chi connectivity index (χ2v) is 9.17. The molecule has 0 bridgehead atoms. The molecule has 1 aliphatic carbocycles. The number of benzene rings is 2. The fraction of sp³-hybridized carbons (Fsp3) is 0.423. The number of nitrogens with zero attached hydrogens (tertiary/aromatic N) is 1. The fourth-order valence-electron chi connectivity index (χ4n) is 4.30. The summed E-state index contributed by atoms with van der Waals surface area (Å²) in [6.45, 7) is 0.659. The first-order chi connectivity index (χ1) is 17.2. The van der Waals surface area contributed by atoms with E-state index in [0.717, 1.165) is 25.0 Å². The lowest BCUT2D eigenvalue weighted by Crippen LogP contribution is -2.54. The summed E-state index contributed by atoms with van der Waals surface area (Å²) >= 11 is 0. The van der Waals surface area contributed by atoms with Crippen LogP contribution < -0.4 is 15.4 Å². The highest BCUT2D eigenvalue weighted by Crippen LogP contribution is 2.30. The van der Waals surface area contributed by atoms with E-state index in [0.29, 0.717) is 37.2 Å². The van der Waals surface area contributed by atoms with Gasteiger partial charge in [0.05, 0.1) is 12.7 Å². The van der Waals surface area contributed by atoms with Gasteiger partial charge in [0.1, 0.15) is 11.8 Å². The summed E-state index contributed by atoms with van der Waals surface area (Å²) in [5.74, 6) is -0.561. The van der Waals surface area contributed by atoms with Gasteiger partial charge >= 0.3 is 6.18 Å². The standard InChI is InChI=1S/C26H28F3N3O4/c1-36-21-10-4-17(5-11-21)23(33)31-22(24(34)30-20-8-9-20)16-12-14-32(15-13-16)25(35)18-2-6-19(7-3-18)26(27,28)29/h2-7,10-11,16,20,22H,8-9,12-15H2,1H3,(H,30,34)(H,31,33). The summed E-state index contributed by atoms with van der Waals surface area (Å²) in [4.78, 5) is 40.3. The normalized spacial score (nSPS) is 17.3. The second kappa shape index (κ2) is 10.6. The van der Waals surface area contributed by atoms with Gasteiger partial charge in [0.2, 0.25) is 5.91 Å². The Bertz CT molecular complexity index is 1090. The van der Waals surface area contributed by atoms with Gasteiger partial charge in [0.15, 0.2) is 0 Å². The van der Waals surface area contributed by atoms with Crippen molar-refractivity contribution in [1.29, 1.82) is 0 Å².